The quantitative estimate of drug-likeness (QED) is 0.647. The van der Waals surface area contributed by atoms with Crippen molar-refractivity contribution in [2.75, 3.05) is 0 Å². The number of halogens is 1. The normalized spacial score (nSPS) is 28.2. The molecule has 0 aromatic carbocycles. The van der Waals surface area contributed by atoms with E-state index in [2.05, 4.69) is 17.6 Å². The Morgan fingerprint density at radius 1 is 1.67 bits per heavy atom. The summed E-state index contributed by atoms with van der Waals surface area (Å²) in [6.07, 6.45) is 2.37. The lowest BCUT2D eigenvalue weighted by atomic mass is 10.1. The molecule has 12 heavy (non-hydrogen) atoms. The van der Waals surface area contributed by atoms with Crippen LogP contribution in [0.4, 0.5) is 4.39 Å². The van der Waals surface area contributed by atoms with Gasteiger partial charge in [-0.2, -0.15) is 12.6 Å². The van der Waals surface area contributed by atoms with Gasteiger partial charge in [0.2, 0.25) is 0 Å². The number of nitrogens with zero attached hydrogens (tertiary/aromatic N) is 1. The van der Waals surface area contributed by atoms with E-state index in [1.165, 1.54) is 11.8 Å². The Bertz CT molecular complexity index is 263. The summed E-state index contributed by atoms with van der Waals surface area (Å²) in [5.74, 6) is 0. The van der Waals surface area contributed by atoms with E-state index in [4.69, 9.17) is 0 Å². The molecule has 0 saturated heterocycles. The fourth-order valence-corrected chi connectivity index (χ4v) is 2.46. The van der Waals surface area contributed by atoms with Gasteiger partial charge < -0.3 is 0 Å². The number of thioether (sulfide) groups is 1. The number of thiol groups is 1. The first-order valence-corrected chi connectivity index (χ1v) is 5.09. The Labute approximate surface area is 80.2 Å². The molecule has 0 fully saturated rings. The molecule has 0 aliphatic carbocycles. The zero-order valence-electron chi connectivity index (χ0n) is 6.27. The van der Waals surface area contributed by atoms with E-state index in [9.17, 15) is 4.39 Å². The lowest BCUT2D eigenvalue weighted by Gasteiger charge is -2.22. The van der Waals surface area contributed by atoms with Gasteiger partial charge in [-0.15, -0.1) is 0 Å². The van der Waals surface area contributed by atoms with Crippen molar-refractivity contribution < 1.29 is 4.39 Å². The van der Waals surface area contributed by atoms with Crippen LogP contribution in [-0.2, 0) is 6.42 Å². The fraction of sp³-hybridized carbons (Fsp3) is 0.375. The number of aromatic nitrogens is 1. The minimum absolute atomic E-state index is 0.188. The molecule has 1 aliphatic rings. The highest BCUT2D eigenvalue weighted by Gasteiger charge is 2.26. The van der Waals surface area contributed by atoms with Crippen LogP contribution in [0.3, 0.4) is 0 Å². The lowest BCUT2D eigenvalue weighted by Crippen LogP contribution is -2.21. The number of hydrogen-bond acceptors (Lipinski definition) is 3. The molecular formula is C8H8FNS2. The third-order valence-electron chi connectivity index (χ3n) is 1.81. The number of fused-ring (bicyclic) bond motifs is 1. The van der Waals surface area contributed by atoms with Crippen LogP contribution in [0.2, 0.25) is 0 Å². The van der Waals surface area contributed by atoms with E-state index < -0.39 is 5.50 Å². The van der Waals surface area contributed by atoms with Crippen molar-refractivity contribution in [2.24, 2.45) is 0 Å². The molecule has 1 aromatic rings. The molecular weight excluding hydrogens is 193 g/mol. The van der Waals surface area contributed by atoms with Crippen molar-refractivity contribution in [1.82, 2.24) is 4.98 Å². The van der Waals surface area contributed by atoms with Crippen LogP contribution in [0.1, 0.15) is 5.56 Å². The van der Waals surface area contributed by atoms with Gasteiger partial charge in [0.25, 0.3) is 0 Å². The van der Waals surface area contributed by atoms with Crippen molar-refractivity contribution in [3.8, 4) is 0 Å². The van der Waals surface area contributed by atoms with Crippen LogP contribution in [0.5, 0.6) is 0 Å². The largest absolute Gasteiger partial charge is 0.250 e. The molecule has 2 atom stereocenters. The van der Waals surface area contributed by atoms with Gasteiger partial charge in [-0.25, -0.2) is 9.37 Å². The van der Waals surface area contributed by atoms with Gasteiger partial charge in [-0.3, -0.25) is 0 Å². The molecule has 0 spiro atoms. The molecule has 4 heteroatoms. The predicted molar refractivity (Wildman–Crippen MR) is 51.5 cm³/mol. The van der Waals surface area contributed by atoms with Crippen LogP contribution < -0.4 is 0 Å². The highest BCUT2D eigenvalue weighted by molar-refractivity contribution is 8.00. The van der Waals surface area contributed by atoms with Gasteiger partial charge in [-0.1, -0.05) is 17.8 Å². The zero-order valence-corrected chi connectivity index (χ0v) is 7.99. The summed E-state index contributed by atoms with van der Waals surface area (Å²) in [5.41, 5.74) is 0.187. The minimum Gasteiger partial charge on any atom is -0.250 e. The van der Waals surface area contributed by atoms with Crippen LogP contribution in [0, 0.1) is 0 Å². The maximum absolute atomic E-state index is 13.1. The monoisotopic (exact) mass is 201 g/mol. The highest BCUT2D eigenvalue weighted by atomic mass is 32.2. The first-order chi connectivity index (χ1) is 5.77. The topological polar surface area (TPSA) is 12.9 Å². The van der Waals surface area contributed by atoms with Crippen LogP contribution >= 0.6 is 24.4 Å². The molecule has 0 amide bonds. The van der Waals surface area contributed by atoms with Gasteiger partial charge in [0, 0.05) is 11.4 Å². The molecule has 0 bridgehead atoms. The lowest BCUT2D eigenvalue weighted by molar-refractivity contribution is 0.432. The summed E-state index contributed by atoms with van der Waals surface area (Å²) in [7, 11) is 0. The number of hydrogen-bond donors (Lipinski definition) is 1. The molecule has 2 heterocycles. The van der Waals surface area contributed by atoms with Crippen molar-refractivity contribution >= 4 is 24.4 Å². The fourth-order valence-electron chi connectivity index (χ4n) is 1.19. The van der Waals surface area contributed by atoms with Gasteiger partial charge in [0.05, 0.1) is 0 Å². The predicted octanol–water partition coefficient (Wildman–Crippen LogP) is 2.32. The van der Waals surface area contributed by atoms with Crippen molar-refractivity contribution in [2.45, 2.75) is 22.2 Å². The maximum atomic E-state index is 13.1. The molecule has 2 rings (SSSR count). The van der Waals surface area contributed by atoms with E-state index in [0.29, 0.717) is 6.42 Å². The Morgan fingerprint density at radius 3 is 3.33 bits per heavy atom. The van der Waals surface area contributed by atoms with Gasteiger partial charge in [-0.05, 0) is 18.1 Å². The number of rotatable bonds is 0. The Balaban J connectivity index is 2.34. The molecule has 2 unspecified atom stereocenters. The maximum Gasteiger partial charge on any atom is 0.163 e. The second kappa shape index (κ2) is 3.26. The standard InChI is InChI=1S/C8H8FNS2/c9-7-6(11)4-5-2-1-3-10-8(5)12-7/h1-3,6-7,11H,4H2. The first-order valence-electron chi connectivity index (χ1n) is 3.70. The molecule has 0 radical (unpaired) electrons. The Hall–Kier alpha value is -0.220. The van der Waals surface area contributed by atoms with E-state index >= 15 is 0 Å². The molecule has 1 aromatic heterocycles. The zero-order chi connectivity index (χ0) is 8.55. The molecule has 64 valence electrons. The van der Waals surface area contributed by atoms with E-state index in [1.807, 2.05) is 12.1 Å². The summed E-state index contributed by atoms with van der Waals surface area (Å²) in [6.45, 7) is 0. The minimum atomic E-state index is -0.921. The van der Waals surface area contributed by atoms with E-state index in [1.54, 1.807) is 6.20 Å². The summed E-state index contributed by atoms with van der Waals surface area (Å²) < 4.78 is 13.1. The highest BCUT2D eigenvalue weighted by Crippen LogP contribution is 2.36. The average molecular weight is 201 g/mol. The van der Waals surface area contributed by atoms with Crippen molar-refractivity contribution in [3.63, 3.8) is 0 Å². The molecule has 0 N–H and O–H groups in total. The number of alkyl halides is 1. The molecule has 1 nitrogen and oxygen atoms in total. The summed E-state index contributed by atoms with van der Waals surface area (Å²) >= 11 is 5.32. The van der Waals surface area contributed by atoms with E-state index in [0.717, 1.165) is 10.6 Å². The SMILES string of the molecule is FC1Sc2ncccc2CC1S. The van der Waals surface area contributed by atoms with Gasteiger partial charge in [0.1, 0.15) is 5.03 Å². The van der Waals surface area contributed by atoms with Gasteiger partial charge >= 0.3 is 0 Å². The summed E-state index contributed by atoms with van der Waals surface area (Å²) in [6, 6.07) is 3.85. The van der Waals surface area contributed by atoms with Gasteiger partial charge in [0.15, 0.2) is 5.50 Å². The second-order valence-corrected chi connectivity index (χ2v) is 4.44. The van der Waals surface area contributed by atoms with Crippen molar-refractivity contribution in [3.05, 3.63) is 23.9 Å². The number of pyridine rings is 1. The van der Waals surface area contributed by atoms with E-state index in [-0.39, 0.29) is 5.25 Å². The average Bonchev–Trinajstić information content (AvgIpc) is 2.07. The Kier molecular flexibility index (Phi) is 2.28. The smallest absolute Gasteiger partial charge is 0.163 e. The van der Waals surface area contributed by atoms with Crippen molar-refractivity contribution in [1.29, 1.82) is 0 Å². The second-order valence-electron chi connectivity index (χ2n) is 2.71. The van der Waals surface area contributed by atoms with Crippen LogP contribution in [-0.4, -0.2) is 15.7 Å². The third-order valence-corrected chi connectivity index (χ3v) is 3.60. The first kappa shape index (κ1) is 8.38. The summed E-state index contributed by atoms with van der Waals surface area (Å²) in [4.78, 5) is 4.09. The third kappa shape index (κ3) is 1.45. The van der Waals surface area contributed by atoms with Crippen LogP contribution in [0.15, 0.2) is 23.4 Å². The summed E-state index contributed by atoms with van der Waals surface area (Å²) in [5, 5.41) is 0.627. The molecule has 1 aliphatic heterocycles. The molecule has 0 saturated carbocycles. The van der Waals surface area contributed by atoms with Crippen LogP contribution in [0.25, 0.3) is 0 Å². The Morgan fingerprint density at radius 2 is 2.50 bits per heavy atom.